The molecule has 4 heteroatoms. The maximum Gasteiger partial charge on any atom is 0.119 e. The number of imidazole rings is 1. The molecule has 0 aliphatic carbocycles. The van der Waals surface area contributed by atoms with Crippen LogP contribution < -0.4 is 4.74 Å². The number of aromatic amines is 1. The molecule has 1 aliphatic rings. The van der Waals surface area contributed by atoms with Crippen molar-refractivity contribution in [3.8, 4) is 5.75 Å². The predicted octanol–water partition coefficient (Wildman–Crippen LogP) is 3.41. The minimum Gasteiger partial charge on any atom is -0.489 e. The molecular weight excluding hydrogens is 274 g/mol. The van der Waals surface area contributed by atoms with Gasteiger partial charge in [-0.05, 0) is 25.0 Å². The molecule has 0 bridgehead atoms. The number of para-hydroxylation sites is 1. The van der Waals surface area contributed by atoms with Crippen molar-refractivity contribution in [3.05, 3.63) is 48.0 Å². The van der Waals surface area contributed by atoms with Gasteiger partial charge in [0.15, 0.2) is 0 Å². The third kappa shape index (κ3) is 4.10. The zero-order valence-electron chi connectivity index (χ0n) is 13.3. The molecule has 2 aromatic rings. The monoisotopic (exact) mass is 299 g/mol. The Morgan fingerprint density at radius 2 is 2.18 bits per heavy atom. The Morgan fingerprint density at radius 1 is 1.32 bits per heavy atom. The fourth-order valence-corrected chi connectivity index (χ4v) is 2.93. The average Bonchev–Trinajstić information content (AvgIpc) is 3.16. The van der Waals surface area contributed by atoms with E-state index in [9.17, 15) is 0 Å². The summed E-state index contributed by atoms with van der Waals surface area (Å²) in [5, 5.41) is 0. The molecule has 22 heavy (non-hydrogen) atoms. The van der Waals surface area contributed by atoms with Gasteiger partial charge in [0.1, 0.15) is 17.7 Å². The first-order valence-corrected chi connectivity index (χ1v) is 8.30. The third-order valence-electron chi connectivity index (χ3n) is 4.12. The second kappa shape index (κ2) is 7.45. The van der Waals surface area contributed by atoms with Crippen molar-refractivity contribution in [2.24, 2.45) is 0 Å². The van der Waals surface area contributed by atoms with Gasteiger partial charge in [-0.15, -0.1) is 0 Å². The van der Waals surface area contributed by atoms with Crippen molar-refractivity contribution in [3.63, 3.8) is 0 Å². The quantitative estimate of drug-likeness (QED) is 0.852. The first kappa shape index (κ1) is 15.1. The molecule has 1 atom stereocenters. The van der Waals surface area contributed by atoms with Crippen LogP contribution in [-0.2, 0) is 13.0 Å². The summed E-state index contributed by atoms with van der Waals surface area (Å²) in [6, 6.07) is 10.1. The van der Waals surface area contributed by atoms with E-state index in [1.165, 1.54) is 18.5 Å². The van der Waals surface area contributed by atoms with Crippen molar-refractivity contribution in [1.82, 2.24) is 14.9 Å². The number of aromatic nitrogens is 2. The molecule has 0 spiro atoms. The minimum absolute atomic E-state index is 0.296. The smallest absolute Gasteiger partial charge is 0.119 e. The summed E-state index contributed by atoms with van der Waals surface area (Å²) in [5.41, 5.74) is 1.21. The van der Waals surface area contributed by atoms with E-state index >= 15 is 0 Å². The molecule has 0 radical (unpaired) electrons. The number of nitrogens with one attached hydrogen (secondary N) is 1. The van der Waals surface area contributed by atoms with Gasteiger partial charge in [0.2, 0.25) is 0 Å². The van der Waals surface area contributed by atoms with E-state index in [0.717, 1.165) is 44.0 Å². The molecule has 0 saturated carbocycles. The second-order valence-electron chi connectivity index (χ2n) is 6.04. The molecule has 3 rings (SSSR count). The Balaban J connectivity index is 1.47. The van der Waals surface area contributed by atoms with Crippen LogP contribution in [-0.4, -0.2) is 34.1 Å². The number of H-pyrrole nitrogens is 1. The van der Waals surface area contributed by atoms with Crippen molar-refractivity contribution in [2.45, 2.75) is 45.3 Å². The van der Waals surface area contributed by atoms with E-state index in [-0.39, 0.29) is 0 Å². The fourth-order valence-electron chi connectivity index (χ4n) is 2.93. The first-order valence-electron chi connectivity index (χ1n) is 8.30. The highest BCUT2D eigenvalue weighted by atomic mass is 16.5. The number of hydrogen-bond acceptors (Lipinski definition) is 3. The third-order valence-corrected chi connectivity index (χ3v) is 4.12. The van der Waals surface area contributed by atoms with Crippen LogP contribution in [0.3, 0.4) is 0 Å². The lowest BCUT2D eigenvalue weighted by molar-refractivity contribution is 0.198. The normalized spacial score (nSPS) is 18.7. The van der Waals surface area contributed by atoms with Crippen LogP contribution in [0.5, 0.6) is 5.75 Å². The topological polar surface area (TPSA) is 41.2 Å². The van der Waals surface area contributed by atoms with Crippen molar-refractivity contribution in [2.75, 3.05) is 13.1 Å². The van der Waals surface area contributed by atoms with Crippen LogP contribution in [0.1, 0.15) is 37.7 Å². The van der Waals surface area contributed by atoms with Gasteiger partial charge in [-0.2, -0.15) is 0 Å². The Bertz CT molecular complexity index is 567. The number of aryl methyl sites for hydroxylation is 1. The van der Waals surface area contributed by atoms with Crippen LogP contribution >= 0.6 is 0 Å². The summed E-state index contributed by atoms with van der Waals surface area (Å²) in [4.78, 5) is 10.4. The van der Waals surface area contributed by atoms with Gasteiger partial charge in [0, 0.05) is 37.9 Å². The van der Waals surface area contributed by atoms with Gasteiger partial charge in [-0.25, -0.2) is 4.98 Å². The Labute approximate surface area is 132 Å². The SMILES string of the molecule is CCCCc1ncc(CN2CCC(Oc3ccccc3)C2)[nH]1. The van der Waals surface area contributed by atoms with Crippen LogP contribution in [0, 0.1) is 0 Å². The minimum atomic E-state index is 0.296. The molecule has 1 saturated heterocycles. The summed E-state index contributed by atoms with van der Waals surface area (Å²) >= 11 is 0. The highest BCUT2D eigenvalue weighted by molar-refractivity contribution is 5.21. The number of rotatable bonds is 7. The number of benzene rings is 1. The highest BCUT2D eigenvalue weighted by Crippen LogP contribution is 2.19. The molecule has 4 nitrogen and oxygen atoms in total. The summed E-state index contributed by atoms with van der Waals surface area (Å²) < 4.78 is 6.03. The number of ether oxygens (including phenoxy) is 1. The fraction of sp³-hybridized carbons (Fsp3) is 0.500. The van der Waals surface area contributed by atoms with Crippen LogP contribution in [0.4, 0.5) is 0 Å². The molecule has 1 aliphatic heterocycles. The van der Waals surface area contributed by atoms with Gasteiger partial charge >= 0.3 is 0 Å². The predicted molar refractivity (Wildman–Crippen MR) is 88.0 cm³/mol. The summed E-state index contributed by atoms with van der Waals surface area (Å²) in [6.07, 6.45) is 6.83. The number of unbranched alkanes of at least 4 members (excludes halogenated alkanes) is 1. The van der Waals surface area contributed by atoms with Crippen LogP contribution in [0.25, 0.3) is 0 Å². The zero-order chi connectivity index (χ0) is 15.2. The Morgan fingerprint density at radius 3 is 3.00 bits per heavy atom. The van der Waals surface area contributed by atoms with Crippen molar-refractivity contribution < 1.29 is 4.74 Å². The van der Waals surface area contributed by atoms with E-state index in [1.54, 1.807) is 0 Å². The molecule has 1 fully saturated rings. The number of hydrogen-bond donors (Lipinski definition) is 1. The number of likely N-dealkylation sites (tertiary alicyclic amines) is 1. The first-order chi connectivity index (χ1) is 10.8. The zero-order valence-corrected chi connectivity index (χ0v) is 13.3. The molecule has 2 heterocycles. The van der Waals surface area contributed by atoms with Gasteiger partial charge < -0.3 is 9.72 Å². The molecule has 1 aromatic heterocycles. The van der Waals surface area contributed by atoms with E-state index in [1.807, 2.05) is 36.5 Å². The largest absolute Gasteiger partial charge is 0.489 e. The lowest BCUT2D eigenvalue weighted by Gasteiger charge is -2.16. The second-order valence-corrected chi connectivity index (χ2v) is 6.04. The lowest BCUT2D eigenvalue weighted by atomic mass is 10.2. The van der Waals surface area contributed by atoms with E-state index in [0.29, 0.717) is 6.10 Å². The summed E-state index contributed by atoms with van der Waals surface area (Å²) in [6.45, 7) is 5.22. The van der Waals surface area contributed by atoms with E-state index < -0.39 is 0 Å². The molecular formula is C18H25N3O. The molecule has 118 valence electrons. The van der Waals surface area contributed by atoms with Gasteiger partial charge in [-0.1, -0.05) is 31.5 Å². The molecule has 1 aromatic carbocycles. The van der Waals surface area contributed by atoms with Crippen molar-refractivity contribution >= 4 is 0 Å². The molecule has 1 N–H and O–H groups in total. The number of nitrogens with zero attached hydrogens (tertiary/aromatic N) is 2. The van der Waals surface area contributed by atoms with Gasteiger partial charge in [0.05, 0.1) is 0 Å². The maximum atomic E-state index is 6.03. The molecule has 1 unspecified atom stereocenters. The maximum absolute atomic E-state index is 6.03. The average molecular weight is 299 g/mol. The summed E-state index contributed by atoms with van der Waals surface area (Å²) in [5.74, 6) is 2.09. The summed E-state index contributed by atoms with van der Waals surface area (Å²) in [7, 11) is 0. The molecule has 0 amide bonds. The van der Waals surface area contributed by atoms with Gasteiger partial charge in [-0.3, -0.25) is 4.90 Å². The lowest BCUT2D eigenvalue weighted by Crippen LogP contribution is -2.24. The Hall–Kier alpha value is -1.81. The highest BCUT2D eigenvalue weighted by Gasteiger charge is 2.24. The Kier molecular flexibility index (Phi) is 5.11. The van der Waals surface area contributed by atoms with E-state index in [4.69, 9.17) is 4.74 Å². The van der Waals surface area contributed by atoms with Crippen molar-refractivity contribution in [1.29, 1.82) is 0 Å². The van der Waals surface area contributed by atoms with Crippen LogP contribution in [0.2, 0.25) is 0 Å². The van der Waals surface area contributed by atoms with Crippen LogP contribution in [0.15, 0.2) is 36.5 Å². The van der Waals surface area contributed by atoms with Gasteiger partial charge in [0.25, 0.3) is 0 Å². The van der Waals surface area contributed by atoms with E-state index in [2.05, 4.69) is 21.8 Å². The standard InChI is InChI=1S/C18H25N3O/c1-2-3-9-18-19-12-15(20-18)13-21-11-10-17(14-21)22-16-7-5-4-6-8-16/h4-8,12,17H,2-3,9-11,13-14H2,1H3,(H,19,20).